The maximum atomic E-state index is 12.8. The average molecular weight is 505 g/mol. The van der Waals surface area contributed by atoms with E-state index in [0.717, 1.165) is 36.9 Å². The van der Waals surface area contributed by atoms with Gasteiger partial charge in [-0.05, 0) is 56.2 Å². The van der Waals surface area contributed by atoms with E-state index in [1.165, 1.54) is 78.4 Å². The third kappa shape index (κ3) is 4.95. The van der Waals surface area contributed by atoms with E-state index in [2.05, 4.69) is 4.90 Å². The van der Waals surface area contributed by atoms with Crippen molar-refractivity contribution >= 4 is 33.3 Å². The van der Waals surface area contributed by atoms with Crippen LogP contribution in [-0.2, 0) is 17.6 Å². The number of ether oxygens (including phenoxy) is 1. The molecule has 0 unspecified atom stereocenters. The van der Waals surface area contributed by atoms with Gasteiger partial charge < -0.3 is 14.5 Å². The zero-order valence-corrected chi connectivity index (χ0v) is 21.9. The number of benzene rings is 1. The number of hydrogen-bond donors (Lipinski definition) is 0. The second kappa shape index (κ2) is 10.8. The van der Waals surface area contributed by atoms with Crippen molar-refractivity contribution < 1.29 is 9.53 Å². The number of aromatic nitrogens is 2. The van der Waals surface area contributed by atoms with Crippen LogP contribution in [0.2, 0.25) is 0 Å². The lowest BCUT2D eigenvalue weighted by atomic mass is 9.88. The monoisotopic (exact) mass is 504 g/mol. The Labute approximate surface area is 217 Å². The van der Waals surface area contributed by atoms with Crippen molar-refractivity contribution in [2.24, 2.45) is 0 Å². The molecule has 2 aromatic heterocycles. The van der Waals surface area contributed by atoms with Crippen LogP contribution < -0.4 is 9.64 Å². The zero-order chi connectivity index (χ0) is 24.3. The summed E-state index contributed by atoms with van der Waals surface area (Å²) in [7, 11) is 0. The standard InChI is InChI=1S/C29H36N4O2S/c34-25(20-35-22-12-6-2-7-13-22)32-16-18-33(19-17-32)28-26-23-14-8-3-9-15-24(23)36-29(26)31-27(30-28)21-10-4-1-5-11-21/h2,6-7,12-13,21H,1,3-5,8-11,14-20H2. The predicted molar refractivity (Wildman–Crippen MR) is 145 cm³/mol. The molecule has 7 heteroatoms. The number of thiophene rings is 1. The molecule has 0 atom stereocenters. The molecular weight excluding hydrogens is 468 g/mol. The Morgan fingerprint density at radius 2 is 1.67 bits per heavy atom. The Kier molecular flexibility index (Phi) is 7.08. The fourth-order valence-electron chi connectivity index (χ4n) is 6.02. The molecule has 0 bridgehead atoms. The topological polar surface area (TPSA) is 58.6 Å². The van der Waals surface area contributed by atoms with Gasteiger partial charge in [0, 0.05) is 37.0 Å². The number of fused-ring (bicyclic) bond motifs is 3. The van der Waals surface area contributed by atoms with Crippen LogP contribution in [0.25, 0.3) is 10.2 Å². The number of nitrogens with zero attached hydrogens (tertiary/aromatic N) is 4. The summed E-state index contributed by atoms with van der Waals surface area (Å²) >= 11 is 1.92. The van der Waals surface area contributed by atoms with E-state index >= 15 is 0 Å². The third-order valence-electron chi connectivity index (χ3n) is 8.07. The highest BCUT2D eigenvalue weighted by Crippen LogP contribution is 2.41. The van der Waals surface area contributed by atoms with Gasteiger partial charge in [-0.15, -0.1) is 11.3 Å². The molecule has 2 aliphatic carbocycles. The van der Waals surface area contributed by atoms with E-state index in [9.17, 15) is 4.79 Å². The van der Waals surface area contributed by atoms with Gasteiger partial charge in [-0.2, -0.15) is 0 Å². The molecule has 3 aliphatic rings. The summed E-state index contributed by atoms with van der Waals surface area (Å²) in [5, 5.41) is 1.31. The van der Waals surface area contributed by atoms with Gasteiger partial charge in [-0.1, -0.05) is 43.9 Å². The van der Waals surface area contributed by atoms with Crippen molar-refractivity contribution in [1.82, 2.24) is 14.9 Å². The van der Waals surface area contributed by atoms with Crippen LogP contribution in [0.1, 0.15) is 73.5 Å². The van der Waals surface area contributed by atoms with Crippen molar-refractivity contribution in [3.8, 4) is 5.75 Å². The van der Waals surface area contributed by atoms with E-state index in [4.69, 9.17) is 14.7 Å². The highest BCUT2D eigenvalue weighted by molar-refractivity contribution is 7.19. The van der Waals surface area contributed by atoms with Crippen molar-refractivity contribution in [1.29, 1.82) is 0 Å². The van der Waals surface area contributed by atoms with E-state index in [-0.39, 0.29) is 12.5 Å². The van der Waals surface area contributed by atoms with Gasteiger partial charge in [0.25, 0.3) is 5.91 Å². The summed E-state index contributed by atoms with van der Waals surface area (Å²) in [6, 6.07) is 9.57. The zero-order valence-electron chi connectivity index (χ0n) is 21.1. The maximum Gasteiger partial charge on any atom is 0.260 e. The van der Waals surface area contributed by atoms with Crippen LogP contribution in [0, 0.1) is 0 Å². The number of carbonyl (C=O) groups is 1. The summed E-state index contributed by atoms with van der Waals surface area (Å²) in [6.07, 6.45) is 12.5. The Balaban J connectivity index is 1.23. The summed E-state index contributed by atoms with van der Waals surface area (Å²) in [6.45, 7) is 3.10. The molecule has 3 heterocycles. The first-order valence-electron chi connectivity index (χ1n) is 13.8. The lowest BCUT2D eigenvalue weighted by Crippen LogP contribution is -2.50. The van der Waals surface area contributed by atoms with E-state index < -0.39 is 0 Å². The number of hydrogen-bond acceptors (Lipinski definition) is 6. The van der Waals surface area contributed by atoms with E-state index in [1.807, 2.05) is 46.6 Å². The molecule has 1 saturated heterocycles. The minimum Gasteiger partial charge on any atom is -0.484 e. The van der Waals surface area contributed by atoms with Crippen LogP contribution in [0.3, 0.4) is 0 Å². The van der Waals surface area contributed by atoms with Crippen molar-refractivity contribution in [2.75, 3.05) is 37.7 Å². The van der Waals surface area contributed by atoms with Gasteiger partial charge in [0.1, 0.15) is 22.2 Å². The number of para-hydroxylation sites is 1. The third-order valence-corrected chi connectivity index (χ3v) is 9.26. The quantitative estimate of drug-likeness (QED) is 0.415. The first kappa shape index (κ1) is 23.7. The number of carbonyl (C=O) groups excluding carboxylic acids is 1. The predicted octanol–water partition coefficient (Wildman–Crippen LogP) is 5.74. The van der Waals surface area contributed by atoms with Gasteiger partial charge in [0.2, 0.25) is 0 Å². The molecule has 6 nitrogen and oxygen atoms in total. The normalized spacial score (nSPS) is 19.2. The molecule has 0 radical (unpaired) electrons. The first-order valence-corrected chi connectivity index (χ1v) is 14.6. The highest BCUT2D eigenvalue weighted by atomic mass is 32.1. The fourth-order valence-corrected chi connectivity index (χ4v) is 7.29. The minimum atomic E-state index is 0.0543. The number of rotatable bonds is 5. The highest BCUT2D eigenvalue weighted by Gasteiger charge is 2.29. The van der Waals surface area contributed by atoms with Gasteiger partial charge in [0.05, 0.1) is 5.39 Å². The second-order valence-corrected chi connectivity index (χ2v) is 11.5. The summed E-state index contributed by atoms with van der Waals surface area (Å²) in [5.74, 6) is 3.47. The lowest BCUT2D eigenvalue weighted by Gasteiger charge is -2.36. The fraction of sp³-hybridized carbons (Fsp3) is 0.552. The Morgan fingerprint density at radius 1 is 0.917 bits per heavy atom. The largest absolute Gasteiger partial charge is 0.484 e. The SMILES string of the molecule is O=C(COc1ccccc1)N1CCN(c2nc(C3CCCCC3)nc3sc4c(c23)CCCCC4)CC1. The number of aryl methyl sites for hydroxylation is 2. The van der Waals surface area contributed by atoms with Crippen LogP contribution in [0.5, 0.6) is 5.75 Å². The van der Waals surface area contributed by atoms with Gasteiger partial charge in [-0.3, -0.25) is 4.79 Å². The van der Waals surface area contributed by atoms with Crippen molar-refractivity contribution in [2.45, 2.75) is 70.1 Å². The maximum absolute atomic E-state index is 12.8. The average Bonchev–Trinajstić information content (AvgIpc) is 3.13. The molecule has 1 amide bonds. The second-order valence-electron chi connectivity index (χ2n) is 10.5. The molecule has 0 N–H and O–H groups in total. The molecule has 0 spiro atoms. The molecule has 190 valence electrons. The molecule has 3 aromatic rings. The van der Waals surface area contributed by atoms with Gasteiger partial charge >= 0.3 is 0 Å². The number of anilines is 1. The van der Waals surface area contributed by atoms with Crippen LogP contribution in [-0.4, -0.2) is 53.6 Å². The molecular formula is C29H36N4O2S. The summed E-state index contributed by atoms with van der Waals surface area (Å²) in [4.78, 5) is 30.4. The molecule has 2 fully saturated rings. The smallest absolute Gasteiger partial charge is 0.260 e. The Hall–Kier alpha value is -2.67. The lowest BCUT2D eigenvalue weighted by molar-refractivity contribution is -0.133. The minimum absolute atomic E-state index is 0.0543. The van der Waals surface area contributed by atoms with Crippen molar-refractivity contribution in [3.63, 3.8) is 0 Å². The van der Waals surface area contributed by atoms with Crippen LogP contribution in [0.15, 0.2) is 30.3 Å². The van der Waals surface area contributed by atoms with Gasteiger partial charge in [0.15, 0.2) is 6.61 Å². The molecule has 6 rings (SSSR count). The number of amides is 1. The Morgan fingerprint density at radius 3 is 2.47 bits per heavy atom. The van der Waals surface area contributed by atoms with E-state index in [0.29, 0.717) is 19.0 Å². The number of piperazine rings is 1. The van der Waals surface area contributed by atoms with Crippen molar-refractivity contribution in [3.05, 3.63) is 46.6 Å². The molecule has 1 aliphatic heterocycles. The first-order chi connectivity index (χ1) is 17.8. The summed E-state index contributed by atoms with van der Waals surface area (Å²) in [5.41, 5.74) is 1.51. The molecule has 1 saturated carbocycles. The Bertz CT molecular complexity index is 1200. The molecule has 36 heavy (non-hydrogen) atoms. The van der Waals surface area contributed by atoms with E-state index in [1.54, 1.807) is 0 Å². The van der Waals surface area contributed by atoms with Crippen LogP contribution >= 0.6 is 11.3 Å². The van der Waals surface area contributed by atoms with Gasteiger partial charge in [-0.25, -0.2) is 9.97 Å². The molecule has 1 aromatic carbocycles. The summed E-state index contributed by atoms with van der Waals surface area (Å²) < 4.78 is 5.71. The van der Waals surface area contributed by atoms with Crippen LogP contribution in [0.4, 0.5) is 5.82 Å².